The van der Waals surface area contributed by atoms with Gasteiger partial charge in [0.1, 0.15) is 11.8 Å². The van der Waals surface area contributed by atoms with Gasteiger partial charge in [0.2, 0.25) is 5.91 Å². The van der Waals surface area contributed by atoms with Crippen LogP contribution >= 0.6 is 0 Å². The van der Waals surface area contributed by atoms with Crippen LogP contribution in [-0.2, 0) is 4.79 Å². The molecule has 0 radical (unpaired) electrons. The Morgan fingerprint density at radius 1 is 1.19 bits per heavy atom. The Labute approximate surface area is 156 Å². The van der Waals surface area contributed by atoms with E-state index in [1.165, 1.54) is 6.20 Å². The van der Waals surface area contributed by atoms with Gasteiger partial charge in [-0.15, -0.1) is 0 Å². The molecular formula is C20H20N4O3. The lowest BCUT2D eigenvalue weighted by atomic mass is 10.1. The molecule has 3 rings (SSSR count). The second-order valence-corrected chi connectivity index (χ2v) is 6.13. The van der Waals surface area contributed by atoms with Gasteiger partial charge in [-0.3, -0.25) is 4.79 Å². The third-order valence-corrected chi connectivity index (χ3v) is 4.15. The Balaban J connectivity index is 1.81. The smallest absolute Gasteiger partial charge is 0.365 e. The Morgan fingerprint density at radius 2 is 1.93 bits per heavy atom. The Bertz CT molecular complexity index is 1010. The van der Waals surface area contributed by atoms with Crippen molar-refractivity contribution in [3.63, 3.8) is 0 Å². The van der Waals surface area contributed by atoms with Crippen molar-refractivity contribution in [2.75, 3.05) is 12.4 Å². The molecule has 138 valence electrons. The molecule has 7 nitrogen and oxygen atoms in total. The molecule has 0 saturated heterocycles. The molecule has 0 saturated carbocycles. The fraction of sp³-hybridized carbons (Fsp3) is 0.200. The first-order chi connectivity index (χ1) is 13.0. The molecule has 0 aliphatic rings. The molecule has 0 spiro atoms. The quantitative estimate of drug-likeness (QED) is 0.752. The van der Waals surface area contributed by atoms with E-state index in [2.05, 4.69) is 15.4 Å². The summed E-state index contributed by atoms with van der Waals surface area (Å²) in [5.41, 5.74) is 2.29. The topological polar surface area (TPSA) is 86.1 Å². The van der Waals surface area contributed by atoms with E-state index in [1.54, 1.807) is 44.4 Å². The molecule has 1 aromatic heterocycles. The molecule has 1 atom stereocenters. The van der Waals surface area contributed by atoms with Gasteiger partial charge in [-0.1, -0.05) is 29.8 Å². The number of amides is 1. The predicted octanol–water partition coefficient (Wildman–Crippen LogP) is 2.82. The average molecular weight is 364 g/mol. The zero-order chi connectivity index (χ0) is 19.4. The highest BCUT2D eigenvalue weighted by Crippen LogP contribution is 2.20. The lowest BCUT2D eigenvalue weighted by Gasteiger charge is -2.14. The van der Waals surface area contributed by atoms with E-state index in [4.69, 9.17) is 4.74 Å². The maximum absolute atomic E-state index is 12.4. The van der Waals surface area contributed by atoms with E-state index in [1.807, 2.05) is 25.1 Å². The number of aromatic nitrogens is 3. The van der Waals surface area contributed by atoms with Crippen LogP contribution in [0.5, 0.6) is 5.75 Å². The highest BCUT2D eigenvalue weighted by Gasteiger charge is 2.18. The van der Waals surface area contributed by atoms with Crippen molar-refractivity contribution in [1.29, 1.82) is 0 Å². The summed E-state index contributed by atoms with van der Waals surface area (Å²) in [4.78, 5) is 28.9. The van der Waals surface area contributed by atoms with Crippen LogP contribution in [0.3, 0.4) is 0 Å². The van der Waals surface area contributed by atoms with Gasteiger partial charge >= 0.3 is 5.69 Å². The lowest BCUT2D eigenvalue weighted by Crippen LogP contribution is -2.34. The standard InChI is InChI=1S/C20H20N4O3/c1-13-7-9-16(10-8-13)22-19(25)14(2)24-20(26)23-18(12-21-24)15-5-4-6-17(11-15)27-3/h4-12,14H,1-3H3,(H,22,25)/t14-/m1/s1. The Hall–Kier alpha value is -3.48. The molecule has 0 aliphatic heterocycles. The maximum Gasteiger partial charge on any atom is 0.365 e. The highest BCUT2D eigenvalue weighted by molar-refractivity contribution is 5.93. The van der Waals surface area contributed by atoms with Crippen molar-refractivity contribution in [3.8, 4) is 17.0 Å². The number of aryl methyl sites for hydroxylation is 1. The molecule has 27 heavy (non-hydrogen) atoms. The van der Waals surface area contributed by atoms with E-state index >= 15 is 0 Å². The molecule has 3 aromatic rings. The number of ether oxygens (including phenoxy) is 1. The minimum Gasteiger partial charge on any atom is -0.497 e. The van der Waals surface area contributed by atoms with Crippen molar-refractivity contribution in [2.24, 2.45) is 0 Å². The lowest BCUT2D eigenvalue weighted by molar-refractivity contribution is -0.119. The third-order valence-electron chi connectivity index (χ3n) is 4.15. The molecule has 1 amide bonds. The number of carbonyl (C=O) groups is 1. The van der Waals surface area contributed by atoms with E-state index in [-0.39, 0.29) is 5.91 Å². The fourth-order valence-electron chi connectivity index (χ4n) is 2.53. The summed E-state index contributed by atoms with van der Waals surface area (Å²) in [6, 6.07) is 13.8. The normalized spacial score (nSPS) is 11.7. The Morgan fingerprint density at radius 3 is 2.59 bits per heavy atom. The SMILES string of the molecule is COc1cccc(-c2cnn([C@H](C)C(=O)Nc3ccc(C)cc3)c(=O)n2)c1. The number of nitrogens with zero attached hydrogens (tertiary/aromatic N) is 3. The zero-order valence-corrected chi connectivity index (χ0v) is 15.3. The zero-order valence-electron chi connectivity index (χ0n) is 15.3. The summed E-state index contributed by atoms with van der Waals surface area (Å²) >= 11 is 0. The Kier molecular flexibility index (Phi) is 5.30. The number of benzene rings is 2. The van der Waals surface area contributed by atoms with Gasteiger partial charge in [-0.25, -0.2) is 9.48 Å². The van der Waals surface area contributed by atoms with E-state index in [0.717, 1.165) is 10.2 Å². The highest BCUT2D eigenvalue weighted by atomic mass is 16.5. The minimum atomic E-state index is -0.800. The summed E-state index contributed by atoms with van der Waals surface area (Å²) in [6.45, 7) is 3.57. The molecular weight excluding hydrogens is 344 g/mol. The van der Waals surface area contributed by atoms with E-state index < -0.39 is 11.7 Å². The summed E-state index contributed by atoms with van der Waals surface area (Å²) in [5.74, 6) is 0.314. The van der Waals surface area contributed by atoms with Gasteiger partial charge in [-0.05, 0) is 38.1 Å². The van der Waals surface area contributed by atoms with Crippen LogP contribution in [0.25, 0.3) is 11.3 Å². The van der Waals surface area contributed by atoms with E-state index in [0.29, 0.717) is 22.7 Å². The number of anilines is 1. The third kappa shape index (κ3) is 4.20. The van der Waals surface area contributed by atoms with Crippen LogP contribution in [0.2, 0.25) is 0 Å². The van der Waals surface area contributed by atoms with Gasteiger partial charge < -0.3 is 10.1 Å². The maximum atomic E-state index is 12.4. The fourth-order valence-corrected chi connectivity index (χ4v) is 2.53. The van der Waals surface area contributed by atoms with Gasteiger partial charge in [0.15, 0.2) is 0 Å². The summed E-state index contributed by atoms with van der Waals surface area (Å²) in [7, 11) is 1.57. The van der Waals surface area contributed by atoms with Gasteiger partial charge in [0, 0.05) is 11.3 Å². The van der Waals surface area contributed by atoms with Crippen molar-refractivity contribution < 1.29 is 9.53 Å². The van der Waals surface area contributed by atoms with Crippen molar-refractivity contribution in [1.82, 2.24) is 14.8 Å². The largest absolute Gasteiger partial charge is 0.497 e. The van der Waals surface area contributed by atoms with Crippen molar-refractivity contribution in [2.45, 2.75) is 19.9 Å². The minimum absolute atomic E-state index is 0.343. The van der Waals surface area contributed by atoms with E-state index in [9.17, 15) is 9.59 Å². The van der Waals surface area contributed by atoms with Crippen molar-refractivity contribution in [3.05, 3.63) is 70.8 Å². The molecule has 0 unspecified atom stereocenters. The predicted molar refractivity (Wildman–Crippen MR) is 103 cm³/mol. The molecule has 0 fully saturated rings. The molecule has 0 bridgehead atoms. The summed E-state index contributed by atoms with van der Waals surface area (Å²) in [6.07, 6.45) is 1.46. The number of nitrogens with one attached hydrogen (secondary N) is 1. The number of rotatable bonds is 5. The van der Waals surface area contributed by atoms with Crippen LogP contribution in [0.15, 0.2) is 59.5 Å². The van der Waals surface area contributed by atoms with Crippen LogP contribution in [0.1, 0.15) is 18.5 Å². The monoisotopic (exact) mass is 364 g/mol. The van der Waals surface area contributed by atoms with Crippen LogP contribution < -0.4 is 15.7 Å². The average Bonchev–Trinajstić information content (AvgIpc) is 2.69. The molecule has 1 N–H and O–H groups in total. The number of carbonyl (C=O) groups excluding carboxylic acids is 1. The van der Waals surface area contributed by atoms with Gasteiger partial charge in [-0.2, -0.15) is 10.1 Å². The second kappa shape index (κ2) is 7.82. The van der Waals surface area contributed by atoms with Gasteiger partial charge in [0.05, 0.1) is 19.0 Å². The van der Waals surface area contributed by atoms with Crippen LogP contribution in [-0.4, -0.2) is 27.8 Å². The first-order valence-corrected chi connectivity index (χ1v) is 8.46. The second-order valence-electron chi connectivity index (χ2n) is 6.13. The molecule has 1 heterocycles. The molecule has 0 aliphatic carbocycles. The molecule has 7 heteroatoms. The van der Waals surface area contributed by atoms with Gasteiger partial charge in [0.25, 0.3) is 0 Å². The van der Waals surface area contributed by atoms with Crippen molar-refractivity contribution >= 4 is 11.6 Å². The summed E-state index contributed by atoms with van der Waals surface area (Å²) < 4.78 is 6.24. The first-order valence-electron chi connectivity index (χ1n) is 8.46. The number of hydrogen-bond donors (Lipinski definition) is 1. The van der Waals surface area contributed by atoms with Crippen LogP contribution in [0.4, 0.5) is 5.69 Å². The number of methoxy groups -OCH3 is 1. The summed E-state index contributed by atoms with van der Waals surface area (Å²) in [5, 5.41) is 6.90. The number of hydrogen-bond acceptors (Lipinski definition) is 5. The van der Waals surface area contributed by atoms with Crippen LogP contribution in [0, 0.1) is 6.92 Å². The first kappa shape index (κ1) is 18.3. The molecule has 2 aromatic carbocycles.